The summed E-state index contributed by atoms with van der Waals surface area (Å²) in [7, 11) is -5.17. The van der Waals surface area contributed by atoms with Gasteiger partial charge >= 0.3 is 59.1 Å². The summed E-state index contributed by atoms with van der Waals surface area (Å²) >= 11 is 0. The van der Waals surface area contributed by atoms with Crippen molar-refractivity contribution in [2.75, 3.05) is 6.61 Å². The minimum atomic E-state index is -5.17. The third kappa shape index (κ3) is 22.5. The third-order valence-electron chi connectivity index (χ3n) is 1.02. The van der Waals surface area contributed by atoms with Gasteiger partial charge < -0.3 is 14.0 Å². The molecule has 1 rings (SSSR count). The molecule has 17 heavy (non-hydrogen) atoms. The topological polar surface area (TPSA) is 98.7 Å². The van der Waals surface area contributed by atoms with Crippen molar-refractivity contribution in [3.05, 3.63) is 30.3 Å². The van der Waals surface area contributed by atoms with Crippen LogP contribution in [0.3, 0.4) is 0 Å². The van der Waals surface area contributed by atoms with Gasteiger partial charge in [0, 0.05) is 10.4 Å². The van der Waals surface area contributed by atoms with E-state index < -0.39 is 10.4 Å². The van der Waals surface area contributed by atoms with E-state index in [4.69, 9.17) is 27.3 Å². The van der Waals surface area contributed by atoms with Gasteiger partial charge in [0.1, 0.15) is 0 Å². The van der Waals surface area contributed by atoms with Crippen molar-refractivity contribution in [1.29, 1.82) is 0 Å². The second kappa shape index (κ2) is 13.3. The van der Waals surface area contributed by atoms with E-state index in [1.165, 1.54) is 0 Å². The number of hydrogen-bond acceptors (Lipinski definition) is 6. The van der Waals surface area contributed by atoms with Gasteiger partial charge in [-0.15, -0.1) is 0 Å². The minimum Gasteiger partial charge on any atom is -0.759 e. The Bertz CT molecular complexity index is 348. The van der Waals surface area contributed by atoms with E-state index in [-0.39, 0.29) is 59.1 Å². The third-order valence-corrected chi connectivity index (χ3v) is 1.02. The van der Waals surface area contributed by atoms with Gasteiger partial charge in [0.2, 0.25) is 0 Å². The van der Waals surface area contributed by atoms with Crippen molar-refractivity contribution in [2.45, 2.75) is 6.92 Å². The summed E-state index contributed by atoms with van der Waals surface area (Å²) < 4.78 is 34.1. The van der Waals surface area contributed by atoms with Gasteiger partial charge in [-0.25, -0.2) is 0 Å². The molecule has 0 radical (unpaired) electrons. The fourth-order valence-electron chi connectivity index (χ4n) is 0.603. The van der Waals surface area contributed by atoms with Crippen LogP contribution in [0.1, 0.15) is 6.92 Å². The smallest absolute Gasteiger partial charge is 0.759 e. The van der Waals surface area contributed by atoms with Crippen molar-refractivity contribution >= 4 is 10.4 Å². The summed E-state index contributed by atoms with van der Waals surface area (Å²) in [6.07, 6.45) is 0. The number of benzene rings is 1. The number of hydrogen-bond donors (Lipinski definition) is 0. The van der Waals surface area contributed by atoms with Gasteiger partial charge in [-0.05, 0) is 19.1 Å². The van der Waals surface area contributed by atoms with Crippen molar-refractivity contribution in [1.82, 2.24) is 0 Å². The van der Waals surface area contributed by atoms with Crippen LogP contribution in [-0.4, -0.2) is 24.1 Å². The fourth-order valence-corrected chi connectivity index (χ4v) is 0.603. The molecule has 86 valence electrons. The van der Waals surface area contributed by atoms with E-state index in [9.17, 15) is 0 Å². The van der Waals surface area contributed by atoms with Crippen LogP contribution in [0, 0.1) is 0 Å². The Morgan fingerprint density at radius 1 is 1.12 bits per heavy atom. The van der Waals surface area contributed by atoms with Crippen LogP contribution in [0.2, 0.25) is 0 Å². The van der Waals surface area contributed by atoms with Gasteiger partial charge in [0.15, 0.2) is 5.75 Å². The second-order valence-electron chi connectivity index (χ2n) is 2.21. The normalized spacial score (nSPS) is 8.88. The molecular formula is C8H10Na2O6S. The fraction of sp³-hybridized carbons (Fsp3) is 0.250. The van der Waals surface area contributed by atoms with Crippen LogP contribution in [0.25, 0.3) is 0 Å². The number of rotatable bonds is 3. The summed E-state index contributed by atoms with van der Waals surface area (Å²) in [5.41, 5.74) is 0. The molecule has 0 N–H and O–H groups in total. The van der Waals surface area contributed by atoms with Gasteiger partial charge in [-0.1, -0.05) is 18.2 Å². The Balaban J connectivity index is -0.000000247. The molecule has 0 saturated heterocycles. The minimum absolute atomic E-state index is 0. The predicted molar refractivity (Wildman–Crippen MR) is 49.2 cm³/mol. The zero-order chi connectivity index (χ0) is 11.7. The molecule has 0 heterocycles. The molecule has 0 aliphatic carbocycles. The van der Waals surface area contributed by atoms with E-state index >= 15 is 0 Å². The first kappa shape index (κ1) is 23.0. The SMILES string of the molecule is CCOOc1ccccc1.O=S(=O)([O-])[O-].[Na+].[Na+]. The summed E-state index contributed by atoms with van der Waals surface area (Å²) in [5.74, 6) is 0.740. The molecule has 0 spiro atoms. The maximum absolute atomic E-state index is 8.52. The molecule has 1 aromatic carbocycles. The molecular weight excluding hydrogens is 270 g/mol. The molecule has 6 nitrogen and oxygen atoms in total. The average Bonchev–Trinajstić information content (AvgIpc) is 2.14. The predicted octanol–water partition coefficient (Wildman–Crippen LogP) is -5.31. The standard InChI is InChI=1S/C8H10O2.2Na.H2O4S/c1-2-9-10-8-6-4-3-5-7-8;;;1-5(2,3)4/h3-7H,2H2,1H3;;;(H2,1,2,3,4)/q;2*+1;/p-2. The van der Waals surface area contributed by atoms with Crippen LogP contribution < -0.4 is 64.0 Å². The maximum atomic E-state index is 8.52. The zero-order valence-corrected chi connectivity index (χ0v) is 14.8. The van der Waals surface area contributed by atoms with Crippen LogP contribution in [0.5, 0.6) is 5.75 Å². The van der Waals surface area contributed by atoms with E-state index in [0.717, 1.165) is 5.75 Å². The molecule has 0 atom stereocenters. The maximum Gasteiger partial charge on any atom is 1.00 e. The quantitative estimate of drug-likeness (QED) is 0.180. The monoisotopic (exact) mass is 280 g/mol. The van der Waals surface area contributed by atoms with Crippen molar-refractivity contribution in [3.8, 4) is 5.75 Å². The first-order valence-corrected chi connectivity index (χ1v) is 5.28. The van der Waals surface area contributed by atoms with E-state index in [2.05, 4.69) is 0 Å². The van der Waals surface area contributed by atoms with E-state index in [0.29, 0.717) is 6.61 Å². The summed E-state index contributed by atoms with van der Waals surface area (Å²) in [5, 5.41) is 0. The Morgan fingerprint density at radius 3 is 1.88 bits per heavy atom. The molecule has 1 aromatic rings. The first-order chi connectivity index (χ1) is 6.93. The average molecular weight is 280 g/mol. The van der Waals surface area contributed by atoms with Crippen molar-refractivity contribution < 1.29 is 86.4 Å². The summed E-state index contributed by atoms with van der Waals surface area (Å²) in [4.78, 5) is 9.57. The molecule has 0 fully saturated rings. The van der Waals surface area contributed by atoms with Gasteiger partial charge in [-0.2, -0.15) is 4.89 Å². The van der Waals surface area contributed by atoms with E-state index in [1.54, 1.807) is 0 Å². The summed E-state index contributed by atoms with van der Waals surface area (Å²) in [6, 6.07) is 9.41. The number of para-hydroxylation sites is 1. The Kier molecular flexibility index (Phi) is 18.0. The molecule has 9 heteroatoms. The van der Waals surface area contributed by atoms with Crippen molar-refractivity contribution in [3.63, 3.8) is 0 Å². The molecule has 0 unspecified atom stereocenters. The van der Waals surface area contributed by atoms with Crippen molar-refractivity contribution in [2.24, 2.45) is 0 Å². The summed E-state index contributed by atoms with van der Waals surface area (Å²) in [6.45, 7) is 2.44. The van der Waals surface area contributed by atoms with Gasteiger partial charge in [0.05, 0.1) is 6.61 Å². The molecule has 0 amide bonds. The Hall–Kier alpha value is 0.850. The largest absolute Gasteiger partial charge is 1.00 e. The Morgan fingerprint density at radius 2 is 1.53 bits per heavy atom. The molecule has 0 aliphatic rings. The Labute approximate surface area is 145 Å². The van der Waals surface area contributed by atoms with Gasteiger partial charge in [0.25, 0.3) is 0 Å². The van der Waals surface area contributed by atoms with E-state index in [1.807, 2.05) is 37.3 Å². The zero-order valence-electron chi connectivity index (χ0n) is 9.95. The van der Waals surface area contributed by atoms with Crippen LogP contribution in [0.15, 0.2) is 30.3 Å². The first-order valence-electron chi connectivity index (χ1n) is 3.94. The molecule has 0 aliphatic heterocycles. The molecule has 0 bridgehead atoms. The van der Waals surface area contributed by atoms with Crippen LogP contribution >= 0.6 is 0 Å². The molecule has 0 aromatic heterocycles. The molecule has 0 saturated carbocycles. The van der Waals surface area contributed by atoms with Crippen LogP contribution in [0.4, 0.5) is 0 Å². The van der Waals surface area contributed by atoms with Crippen LogP contribution in [-0.2, 0) is 15.3 Å². The second-order valence-corrected chi connectivity index (χ2v) is 3.03. The van der Waals surface area contributed by atoms with Gasteiger partial charge in [-0.3, -0.25) is 8.42 Å².